The lowest BCUT2D eigenvalue weighted by molar-refractivity contribution is 0.0660. The van der Waals surface area contributed by atoms with Crippen LogP contribution in [0.4, 0.5) is 0 Å². The van der Waals surface area contributed by atoms with Crippen molar-refractivity contribution in [1.29, 1.82) is 0 Å². The molecule has 0 saturated heterocycles. The Morgan fingerprint density at radius 1 is 1.04 bits per heavy atom. The molecule has 0 aliphatic rings. The highest BCUT2D eigenvalue weighted by molar-refractivity contribution is 5.92. The van der Waals surface area contributed by atoms with Gasteiger partial charge in [0.1, 0.15) is 0 Å². The maximum absolute atomic E-state index is 13.2. The van der Waals surface area contributed by atoms with Gasteiger partial charge in [-0.3, -0.25) is 9.48 Å². The first-order valence-electron chi connectivity index (χ1n) is 9.44. The van der Waals surface area contributed by atoms with Crippen LogP contribution < -0.4 is 0 Å². The number of nitrogens with zero attached hydrogens (tertiary/aromatic N) is 3. The fraction of sp³-hybridized carbons (Fsp3) is 0.304. The van der Waals surface area contributed by atoms with E-state index in [1.165, 1.54) is 5.56 Å². The molecular formula is C23H27N3O. The predicted molar refractivity (Wildman–Crippen MR) is 108 cm³/mol. The van der Waals surface area contributed by atoms with Crippen LogP contribution in [0.2, 0.25) is 0 Å². The van der Waals surface area contributed by atoms with Gasteiger partial charge in [0, 0.05) is 25.3 Å². The molecule has 1 aromatic heterocycles. The minimum atomic E-state index is -0.0110. The standard InChI is InChI=1S/C23H27N3O/c1-18(14-15-20-10-6-4-7-11-20)26(17-21-12-8-5-9-13-21)23(27)22-16-19(2)25(3)24-22/h4-13,16,18H,14-15,17H2,1-3H3/t18-/m1/s1. The molecule has 3 aromatic rings. The van der Waals surface area contributed by atoms with Crippen molar-refractivity contribution < 1.29 is 4.79 Å². The Labute approximate surface area is 161 Å². The Kier molecular flexibility index (Phi) is 6.07. The average molecular weight is 361 g/mol. The summed E-state index contributed by atoms with van der Waals surface area (Å²) in [7, 11) is 1.87. The third-order valence-corrected chi connectivity index (χ3v) is 5.02. The van der Waals surface area contributed by atoms with Crippen LogP contribution in [-0.4, -0.2) is 26.6 Å². The minimum Gasteiger partial charge on any atom is -0.330 e. The minimum absolute atomic E-state index is 0.0110. The van der Waals surface area contributed by atoms with E-state index in [9.17, 15) is 4.79 Å². The van der Waals surface area contributed by atoms with Crippen LogP contribution >= 0.6 is 0 Å². The molecule has 0 N–H and O–H groups in total. The number of hydrogen-bond acceptors (Lipinski definition) is 2. The van der Waals surface area contributed by atoms with Crippen LogP contribution in [0.5, 0.6) is 0 Å². The molecule has 3 rings (SSSR count). The zero-order valence-corrected chi connectivity index (χ0v) is 16.3. The van der Waals surface area contributed by atoms with Crippen molar-refractivity contribution in [3.63, 3.8) is 0 Å². The number of rotatable bonds is 7. The molecule has 0 unspecified atom stereocenters. The lowest BCUT2D eigenvalue weighted by Crippen LogP contribution is -2.38. The highest BCUT2D eigenvalue weighted by Gasteiger charge is 2.24. The number of amides is 1. The summed E-state index contributed by atoms with van der Waals surface area (Å²) in [6.45, 7) is 4.68. The van der Waals surface area contributed by atoms with Crippen molar-refractivity contribution >= 4 is 5.91 Å². The summed E-state index contributed by atoms with van der Waals surface area (Å²) in [6.07, 6.45) is 1.86. The van der Waals surface area contributed by atoms with Gasteiger partial charge in [-0.15, -0.1) is 0 Å². The molecule has 1 heterocycles. The smallest absolute Gasteiger partial charge is 0.274 e. The van der Waals surface area contributed by atoms with Gasteiger partial charge in [-0.05, 0) is 43.9 Å². The summed E-state index contributed by atoms with van der Waals surface area (Å²) in [4.78, 5) is 15.2. The van der Waals surface area contributed by atoms with Crippen LogP contribution in [0.25, 0.3) is 0 Å². The van der Waals surface area contributed by atoms with Gasteiger partial charge >= 0.3 is 0 Å². The molecular weight excluding hydrogens is 334 g/mol. The molecule has 0 aliphatic carbocycles. The highest BCUT2D eigenvalue weighted by Crippen LogP contribution is 2.17. The SMILES string of the molecule is Cc1cc(C(=O)N(Cc2ccccc2)[C@H](C)CCc2ccccc2)nn1C. The first kappa shape index (κ1) is 18.9. The number of hydrogen-bond donors (Lipinski definition) is 0. The van der Waals surface area contributed by atoms with E-state index in [1.807, 2.05) is 49.2 Å². The maximum atomic E-state index is 13.2. The molecule has 0 fully saturated rings. The first-order chi connectivity index (χ1) is 13.0. The molecule has 1 atom stereocenters. The van der Waals surface area contributed by atoms with Crippen molar-refractivity contribution in [2.24, 2.45) is 7.05 Å². The van der Waals surface area contributed by atoms with Gasteiger partial charge in [0.25, 0.3) is 5.91 Å². The van der Waals surface area contributed by atoms with Gasteiger partial charge in [0.05, 0.1) is 0 Å². The Balaban J connectivity index is 1.78. The monoisotopic (exact) mass is 361 g/mol. The van der Waals surface area contributed by atoms with Crippen LogP contribution in [0.15, 0.2) is 66.7 Å². The molecule has 0 spiro atoms. The number of benzene rings is 2. The second kappa shape index (κ2) is 8.67. The van der Waals surface area contributed by atoms with Gasteiger partial charge < -0.3 is 4.90 Å². The van der Waals surface area contributed by atoms with Crippen LogP contribution in [0.1, 0.15) is 40.7 Å². The van der Waals surface area contributed by atoms with E-state index >= 15 is 0 Å². The third-order valence-electron chi connectivity index (χ3n) is 5.02. The summed E-state index contributed by atoms with van der Waals surface area (Å²) < 4.78 is 1.75. The predicted octanol–water partition coefficient (Wildman–Crippen LogP) is 4.39. The number of aromatic nitrogens is 2. The Hall–Kier alpha value is -2.88. The van der Waals surface area contributed by atoms with E-state index in [2.05, 4.69) is 48.4 Å². The lowest BCUT2D eigenvalue weighted by atomic mass is 10.0. The number of carbonyl (C=O) groups is 1. The van der Waals surface area contributed by atoms with Crippen LogP contribution in [-0.2, 0) is 20.0 Å². The van der Waals surface area contributed by atoms with E-state index in [0.29, 0.717) is 12.2 Å². The van der Waals surface area contributed by atoms with E-state index in [0.717, 1.165) is 24.1 Å². The first-order valence-corrected chi connectivity index (χ1v) is 9.44. The highest BCUT2D eigenvalue weighted by atomic mass is 16.2. The average Bonchev–Trinajstić information content (AvgIpc) is 3.04. The molecule has 0 radical (unpaired) electrons. The summed E-state index contributed by atoms with van der Waals surface area (Å²) in [5.74, 6) is -0.0110. The third kappa shape index (κ3) is 4.85. The van der Waals surface area contributed by atoms with E-state index in [-0.39, 0.29) is 11.9 Å². The van der Waals surface area contributed by atoms with Crippen LogP contribution in [0, 0.1) is 6.92 Å². The van der Waals surface area contributed by atoms with E-state index in [1.54, 1.807) is 4.68 Å². The Morgan fingerprint density at radius 3 is 2.19 bits per heavy atom. The molecule has 140 valence electrons. The fourth-order valence-electron chi connectivity index (χ4n) is 3.20. The van der Waals surface area contributed by atoms with Crippen LogP contribution in [0.3, 0.4) is 0 Å². The molecule has 27 heavy (non-hydrogen) atoms. The van der Waals surface area contributed by atoms with Crippen molar-refractivity contribution in [2.75, 3.05) is 0 Å². The van der Waals surface area contributed by atoms with Gasteiger partial charge in [-0.25, -0.2) is 0 Å². The Morgan fingerprint density at radius 2 is 1.63 bits per heavy atom. The zero-order valence-electron chi connectivity index (χ0n) is 16.3. The Bertz CT molecular complexity index is 852. The van der Waals surface area contributed by atoms with Crippen molar-refractivity contribution in [3.8, 4) is 0 Å². The summed E-state index contributed by atoms with van der Waals surface area (Å²) in [5.41, 5.74) is 3.92. The summed E-state index contributed by atoms with van der Waals surface area (Å²) in [6, 6.07) is 22.5. The topological polar surface area (TPSA) is 38.1 Å². The molecule has 0 saturated carbocycles. The lowest BCUT2D eigenvalue weighted by Gasteiger charge is -2.29. The van der Waals surface area contributed by atoms with E-state index < -0.39 is 0 Å². The van der Waals surface area contributed by atoms with E-state index in [4.69, 9.17) is 0 Å². The fourth-order valence-corrected chi connectivity index (χ4v) is 3.20. The van der Waals surface area contributed by atoms with Gasteiger partial charge in [-0.2, -0.15) is 5.10 Å². The molecule has 2 aromatic carbocycles. The molecule has 0 aliphatic heterocycles. The second-order valence-corrected chi connectivity index (χ2v) is 7.09. The summed E-state index contributed by atoms with van der Waals surface area (Å²) in [5, 5.41) is 4.40. The quantitative estimate of drug-likeness (QED) is 0.626. The van der Waals surface area contributed by atoms with Crippen molar-refractivity contribution in [1.82, 2.24) is 14.7 Å². The largest absolute Gasteiger partial charge is 0.330 e. The molecule has 0 bridgehead atoms. The van der Waals surface area contributed by atoms with Gasteiger partial charge in [0.2, 0.25) is 0 Å². The van der Waals surface area contributed by atoms with Gasteiger partial charge in [0.15, 0.2) is 5.69 Å². The van der Waals surface area contributed by atoms with Gasteiger partial charge in [-0.1, -0.05) is 60.7 Å². The second-order valence-electron chi connectivity index (χ2n) is 7.09. The molecule has 4 nitrogen and oxygen atoms in total. The number of aryl methyl sites for hydroxylation is 3. The molecule has 4 heteroatoms. The van der Waals surface area contributed by atoms with Crippen molar-refractivity contribution in [2.45, 2.75) is 39.3 Å². The summed E-state index contributed by atoms with van der Waals surface area (Å²) >= 11 is 0. The molecule has 1 amide bonds. The maximum Gasteiger partial charge on any atom is 0.274 e. The number of carbonyl (C=O) groups excluding carboxylic acids is 1. The normalized spacial score (nSPS) is 12.0. The zero-order chi connectivity index (χ0) is 19.2. The van der Waals surface area contributed by atoms with Crippen molar-refractivity contribution in [3.05, 3.63) is 89.2 Å².